The molecule has 0 unspecified atom stereocenters. The van der Waals surface area contributed by atoms with Gasteiger partial charge in [-0.15, -0.1) is 0 Å². The van der Waals surface area contributed by atoms with E-state index >= 15 is 0 Å². The molecular weight excluding hydrogens is 195 g/mol. The fourth-order valence-electron chi connectivity index (χ4n) is 1.41. The molecule has 2 rings (SSSR count). The third-order valence-corrected chi connectivity index (χ3v) is 2.15. The summed E-state index contributed by atoms with van der Waals surface area (Å²) in [6, 6.07) is 13.3. The summed E-state index contributed by atoms with van der Waals surface area (Å²) in [7, 11) is 0. The van der Waals surface area contributed by atoms with Crippen LogP contribution in [0.15, 0.2) is 48.5 Å². The van der Waals surface area contributed by atoms with E-state index in [9.17, 15) is 4.53 Å². The largest absolute Gasteiger partial charge is 0.508 e. The molecule has 0 bridgehead atoms. The Morgan fingerprint density at radius 3 is 2.27 bits per heavy atom. The first-order chi connectivity index (χ1) is 7.31. The Kier molecular flexibility index (Phi) is 2.54. The summed E-state index contributed by atoms with van der Waals surface area (Å²) in [5.74, 6) is 0.348. The Bertz CT molecular complexity index is 451. The molecule has 0 aromatic heterocycles. The number of benzene rings is 2. The van der Waals surface area contributed by atoms with Crippen molar-refractivity contribution in [1.29, 1.82) is 0 Å². The molecule has 76 valence electrons. The minimum absolute atomic E-state index is 0.170. The van der Waals surface area contributed by atoms with Crippen molar-refractivity contribution in [1.82, 2.24) is 0 Å². The van der Waals surface area contributed by atoms with Gasteiger partial charge in [0.1, 0.15) is 5.75 Å². The zero-order chi connectivity index (χ0) is 10.7. The molecule has 0 saturated carbocycles. The van der Waals surface area contributed by atoms with Crippen LogP contribution in [0.2, 0.25) is 0 Å². The topological polar surface area (TPSA) is 29.5 Å². The van der Waals surface area contributed by atoms with Gasteiger partial charge >= 0.3 is 0 Å². The molecule has 2 aromatic rings. The molecule has 0 heterocycles. The Hall–Kier alpha value is -2.03. The smallest absolute Gasteiger partial charge is 0.179 e. The van der Waals surface area contributed by atoms with E-state index in [0.29, 0.717) is 5.56 Å². The van der Waals surface area contributed by atoms with Gasteiger partial charge in [0.05, 0.1) is 0 Å². The number of phenols is 1. The van der Waals surface area contributed by atoms with Gasteiger partial charge in [-0.1, -0.05) is 30.3 Å². The highest BCUT2D eigenvalue weighted by Crippen LogP contribution is 2.30. The van der Waals surface area contributed by atoms with E-state index in [-0.39, 0.29) is 11.5 Å². The van der Waals surface area contributed by atoms with Crippen molar-refractivity contribution in [3.05, 3.63) is 48.5 Å². The fourth-order valence-corrected chi connectivity index (χ4v) is 1.41. The Morgan fingerprint density at radius 2 is 1.60 bits per heavy atom. The van der Waals surface area contributed by atoms with E-state index in [1.54, 1.807) is 48.5 Å². The Labute approximate surface area is 86.5 Å². The van der Waals surface area contributed by atoms with Crippen LogP contribution in [0.4, 0.5) is 4.53 Å². The summed E-state index contributed by atoms with van der Waals surface area (Å²) in [5, 5.41) is 9.12. The predicted octanol–water partition coefficient (Wildman–Crippen LogP) is 3.32. The molecular formula is C12H9FO2. The van der Waals surface area contributed by atoms with E-state index < -0.39 is 0 Å². The lowest BCUT2D eigenvalue weighted by molar-refractivity contribution is -0.00545. The third-order valence-electron chi connectivity index (χ3n) is 2.15. The maximum Gasteiger partial charge on any atom is 0.179 e. The van der Waals surface area contributed by atoms with Crippen molar-refractivity contribution in [3.8, 4) is 22.6 Å². The normalized spacial score (nSPS) is 9.93. The van der Waals surface area contributed by atoms with Gasteiger partial charge in [0.25, 0.3) is 0 Å². The molecule has 0 saturated heterocycles. The number of para-hydroxylation sites is 1. The second-order valence-corrected chi connectivity index (χ2v) is 3.12. The standard InChI is InChI=1S/C12H9FO2/c13-15-12-4-2-1-3-11(12)9-5-7-10(14)8-6-9/h1-8,14H. The Morgan fingerprint density at radius 1 is 0.933 bits per heavy atom. The number of aromatic hydroxyl groups is 1. The summed E-state index contributed by atoms with van der Waals surface area (Å²) >= 11 is 0. The van der Waals surface area contributed by atoms with Gasteiger partial charge in [-0.2, -0.15) is 0 Å². The molecule has 0 aliphatic carbocycles. The molecule has 0 spiro atoms. The van der Waals surface area contributed by atoms with Gasteiger partial charge in [0.15, 0.2) is 5.75 Å². The average Bonchev–Trinajstić information content (AvgIpc) is 2.30. The molecule has 0 radical (unpaired) electrons. The van der Waals surface area contributed by atoms with Crippen molar-refractivity contribution in [2.75, 3.05) is 0 Å². The number of halogens is 1. The molecule has 1 N–H and O–H groups in total. The van der Waals surface area contributed by atoms with Crippen LogP contribution in [0.25, 0.3) is 11.1 Å². The summed E-state index contributed by atoms with van der Waals surface area (Å²) in [5.41, 5.74) is 1.45. The van der Waals surface area contributed by atoms with Crippen LogP contribution in [-0.4, -0.2) is 5.11 Å². The van der Waals surface area contributed by atoms with E-state index in [0.717, 1.165) is 5.56 Å². The Balaban J connectivity index is 2.49. The second kappa shape index (κ2) is 4.00. The lowest BCUT2D eigenvalue weighted by Gasteiger charge is -2.04. The van der Waals surface area contributed by atoms with E-state index in [2.05, 4.69) is 4.94 Å². The first-order valence-corrected chi connectivity index (χ1v) is 4.48. The number of hydrogen-bond donors (Lipinski definition) is 1. The third kappa shape index (κ3) is 1.91. The number of hydrogen-bond acceptors (Lipinski definition) is 2. The van der Waals surface area contributed by atoms with Gasteiger partial charge in [-0.25, -0.2) is 0 Å². The van der Waals surface area contributed by atoms with Crippen LogP contribution < -0.4 is 4.94 Å². The van der Waals surface area contributed by atoms with Crippen molar-refractivity contribution in [3.63, 3.8) is 0 Å². The summed E-state index contributed by atoms with van der Waals surface area (Å²) in [6.07, 6.45) is 0. The van der Waals surface area contributed by atoms with Crippen LogP contribution >= 0.6 is 0 Å². The average molecular weight is 204 g/mol. The second-order valence-electron chi connectivity index (χ2n) is 3.12. The first kappa shape index (κ1) is 9.52. The summed E-state index contributed by atoms with van der Waals surface area (Å²) in [6.45, 7) is 0. The minimum Gasteiger partial charge on any atom is -0.508 e. The van der Waals surface area contributed by atoms with Crippen molar-refractivity contribution < 1.29 is 14.6 Å². The van der Waals surface area contributed by atoms with Crippen LogP contribution in [-0.2, 0) is 0 Å². The zero-order valence-electron chi connectivity index (χ0n) is 7.85. The van der Waals surface area contributed by atoms with Crippen LogP contribution in [0, 0.1) is 0 Å². The maximum absolute atomic E-state index is 12.2. The SMILES string of the molecule is Oc1ccc(-c2ccccc2OF)cc1. The monoisotopic (exact) mass is 204 g/mol. The quantitative estimate of drug-likeness (QED) is 0.813. The highest BCUT2D eigenvalue weighted by molar-refractivity contribution is 5.70. The van der Waals surface area contributed by atoms with E-state index in [4.69, 9.17) is 5.11 Å². The lowest BCUT2D eigenvalue weighted by Crippen LogP contribution is -1.83. The number of phenolic OH excluding ortho intramolecular Hbond substituents is 1. The number of rotatable bonds is 2. The molecule has 2 aromatic carbocycles. The zero-order valence-corrected chi connectivity index (χ0v) is 7.85. The van der Waals surface area contributed by atoms with Gasteiger partial charge in [-0.05, 0) is 23.8 Å². The van der Waals surface area contributed by atoms with Crippen LogP contribution in [0.5, 0.6) is 11.5 Å². The van der Waals surface area contributed by atoms with E-state index in [1.165, 1.54) is 0 Å². The van der Waals surface area contributed by atoms with Gasteiger partial charge < -0.3 is 5.11 Å². The maximum atomic E-state index is 12.2. The van der Waals surface area contributed by atoms with E-state index in [1.807, 2.05) is 0 Å². The lowest BCUT2D eigenvalue weighted by atomic mass is 10.0. The first-order valence-electron chi connectivity index (χ1n) is 4.48. The predicted molar refractivity (Wildman–Crippen MR) is 55.3 cm³/mol. The molecule has 15 heavy (non-hydrogen) atoms. The van der Waals surface area contributed by atoms with Crippen LogP contribution in [0.1, 0.15) is 0 Å². The van der Waals surface area contributed by atoms with Gasteiger partial charge in [0.2, 0.25) is 0 Å². The summed E-state index contributed by atoms with van der Waals surface area (Å²) in [4.78, 5) is 3.77. The molecule has 0 amide bonds. The van der Waals surface area contributed by atoms with Gasteiger partial charge in [-0.3, -0.25) is 4.94 Å². The molecule has 3 heteroatoms. The van der Waals surface area contributed by atoms with Gasteiger partial charge in [0, 0.05) is 10.1 Å². The highest BCUT2D eigenvalue weighted by Gasteiger charge is 2.05. The van der Waals surface area contributed by atoms with Crippen molar-refractivity contribution >= 4 is 0 Å². The molecule has 0 atom stereocenters. The molecule has 2 nitrogen and oxygen atoms in total. The van der Waals surface area contributed by atoms with Crippen molar-refractivity contribution in [2.45, 2.75) is 0 Å². The molecule has 0 fully saturated rings. The molecule has 0 aliphatic heterocycles. The highest BCUT2D eigenvalue weighted by atomic mass is 19.3. The van der Waals surface area contributed by atoms with Crippen LogP contribution in [0.3, 0.4) is 0 Å². The van der Waals surface area contributed by atoms with Crippen molar-refractivity contribution in [2.24, 2.45) is 0 Å². The fraction of sp³-hybridized carbons (Fsp3) is 0. The molecule has 0 aliphatic rings. The minimum atomic E-state index is 0.170. The summed E-state index contributed by atoms with van der Waals surface area (Å²) < 4.78 is 12.2.